The van der Waals surface area contributed by atoms with Crippen molar-refractivity contribution in [2.75, 3.05) is 7.11 Å². The van der Waals surface area contributed by atoms with E-state index in [1.807, 2.05) is 0 Å². The molecule has 1 heterocycles. The molecule has 0 radical (unpaired) electrons. The molecule has 0 saturated carbocycles. The lowest BCUT2D eigenvalue weighted by Crippen LogP contribution is -2.21. The number of hydrogen-bond acceptors (Lipinski definition) is 4. The fraction of sp³-hybridized carbons (Fsp3) is 0.286. The molecule has 6 heteroatoms. The monoisotopic (exact) mass is 225 g/mol. The third-order valence-corrected chi connectivity index (χ3v) is 1.56. The van der Waals surface area contributed by atoms with Crippen LogP contribution in [-0.4, -0.2) is 13.1 Å². The van der Waals surface area contributed by atoms with Crippen LogP contribution in [0.5, 0.6) is 0 Å². The van der Waals surface area contributed by atoms with E-state index in [1.165, 1.54) is 19.2 Å². The first-order chi connectivity index (χ1) is 5.65. The van der Waals surface area contributed by atoms with Crippen molar-refractivity contribution in [3.05, 3.63) is 23.1 Å². The number of halogens is 2. The van der Waals surface area contributed by atoms with Crippen LogP contribution in [0, 0.1) is 0 Å². The highest BCUT2D eigenvalue weighted by atomic mass is 35.5. The number of esters is 1. The van der Waals surface area contributed by atoms with Crippen molar-refractivity contribution in [2.24, 2.45) is 5.73 Å². The Hall–Kier alpha value is -0.710. The van der Waals surface area contributed by atoms with Crippen LogP contribution in [0.2, 0.25) is 5.22 Å². The highest BCUT2D eigenvalue weighted by Crippen LogP contribution is 2.18. The second kappa shape index (κ2) is 5.11. The largest absolute Gasteiger partial charge is 0.468 e. The van der Waals surface area contributed by atoms with E-state index in [0.717, 1.165) is 0 Å². The molecule has 1 rings (SSSR count). The van der Waals surface area contributed by atoms with Crippen LogP contribution in [0.4, 0.5) is 0 Å². The highest BCUT2D eigenvalue weighted by Gasteiger charge is 2.19. The van der Waals surface area contributed by atoms with E-state index in [1.54, 1.807) is 0 Å². The molecular weight excluding hydrogens is 217 g/mol. The first-order valence-corrected chi connectivity index (χ1v) is 3.61. The Kier molecular flexibility index (Phi) is 4.83. The van der Waals surface area contributed by atoms with Crippen LogP contribution < -0.4 is 5.73 Å². The standard InChI is InChI=1S/C7H8ClNO3.ClH/c1-11-7(10)6(9)4-2-3-5(8)12-4;/h2-3,6H,9H2,1H3;1H/t6-;/m1./s1. The fourth-order valence-corrected chi connectivity index (χ4v) is 0.891. The summed E-state index contributed by atoms with van der Waals surface area (Å²) in [5, 5.41) is 0.198. The second-order valence-corrected chi connectivity index (χ2v) is 2.52. The molecule has 0 bridgehead atoms. The zero-order valence-electron chi connectivity index (χ0n) is 6.82. The van der Waals surface area contributed by atoms with Gasteiger partial charge in [-0.25, -0.2) is 4.79 Å². The summed E-state index contributed by atoms with van der Waals surface area (Å²) >= 11 is 5.48. The van der Waals surface area contributed by atoms with Gasteiger partial charge in [-0.15, -0.1) is 12.4 Å². The van der Waals surface area contributed by atoms with E-state index < -0.39 is 12.0 Å². The Morgan fingerprint density at radius 3 is 2.69 bits per heavy atom. The summed E-state index contributed by atoms with van der Waals surface area (Å²) in [6, 6.07) is 2.14. The highest BCUT2D eigenvalue weighted by molar-refractivity contribution is 6.28. The molecule has 0 amide bonds. The molecule has 0 aliphatic carbocycles. The first-order valence-electron chi connectivity index (χ1n) is 3.24. The summed E-state index contributed by atoms with van der Waals surface area (Å²) < 4.78 is 9.32. The molecular formula is C7H9Cl2NO3. The minimum Gasteiger partial charge on any atom is -0.468 e. The summed E-state index contributed by atoms with van der Waals surface area (Å²) in [5.74, 6) is -0.257. The van der Waals surface area contributed by atoms with Crippen molar-refractivity contribution < 1.29 is 13.9 Å². The van der Waals surface area contributed by atoms with E-state index in [9.17, 15) is 4.79 Å². The van der Waals surface area contributed by atoms with Crippen molar-refractivity contribution in [2.45, 2.75) is 6.04 Å². The molecule has 0 aromatic carbocycles. The zero-order chi connectivity index (χ0) is 9.14. The van der Waals surface area contributed by atoms with E-state index in [-0.39, 0.29) is 17.6 Å². The van der Waals surface area contributed by atoms with Crippen LogP contribution in [0.3, 0.4) is 0 Å². The number of furan rings is 1. The molecule has 2 N–H and O–H groups in total. The summed E-state index contributed by atoms with van der Waals surface area (Å²) in [4.78, 5) is 10.9. The Bertz CT molecular complexity index is 287. The van der Waals surface area contributed by atoms with Crippen molar-refractivity contribution >= 4 is 30.0 Å². The summed E-state index contributed by atoms with van der Waals surface area (Å²) in [6.45, 7) is 0. The zero-order valence-corrected chi connectivity index (χ0v) is 8.39. The van der Waals surface area contributed by atoms with E-state index in [2.05, 4.69) is 4.74 Å². The predicted molar refractivity (Wildman–Crippen MR) is 49.9 cm³/mol. The molecule has 0 fully saturated rings. The van der Waals surface area contributed by atoms with Gasteiger partial charge < -0.3 is 14.9 Å². The van der Waals surface area contributed by atoms with Gasteiger partial charge in [0, 0.05) is 0 Å². The van der Waals surface area contributed by atoms with Gasteiger partial charge in [-0.1, -0.05) is 0 Å². The van der Waals surface area contributed by atoms with Gasteiger partial charge in [0.1, 0.15) is 5.76 Å². The molecule has 74 valence electrons. The number of nitrogens with two attached hydrogens (primary N) is 1. The van der Waals surface area contributed by atoms with Crippen LogP contribution >= 0.6 is 24.0 Å². The van der Waals surface area contributed by atoms with Crippen molar-refractivity contribution in [3.63, 3.8) is 0 Å². The summed E-state index contributed by atoms with van der Waals surface area (Å²) in [5.41, 5.74) is 5.44. The average molecular weight is 226 g/mol. The summed E-state index contributed by atoms with van der Waals surface area (Å²) in [6.07, 6.45) is 0. The minimum atomic E-state index is -0.900. The molecule has 1 atom stereocenters. The number of methoxy groups -OCH3 is 1. The Labute approximate surface area is 86.4 Å². The lowest BCUT2D eigenvalue weighted by atomic mass is 10.2. The van der Waals surface area contributed by atoms with E-state index in [0.29, 0.717) is 5.76 Å². The van der Waals surface area contributed by atoms with Gasteiger partial charge in [0.25, 0.3) is 0 Å². The van der Waals surface area contributed by atoms with Gasteiger partial charge in [0.05, 0.1) is 7.11 Å². The van der Waals surface area contributed by atoms with Crippen LogP contribution in [0.25, 0.3) is 0 Å². The van der Waals surface area contributed by atoms with Crippen LogP contribution in [0.1, 0.15) is 11.8 Å². The van der Waals surface area contributed by atoms with E-state index in [4.69, 9.17) is 21.8 Å². The van der Waals surface area contributed by atoms with Gasteiger partial charge in [-0.3, -0.25) is 0 Å². The van der Waals surface area contributed by atoms with Gasteiger partial charge in [-0.05, 0) is 23.7 Å². The van der Waals surface area contributed by atoms with Crippen LogP contribution in [-0.2, 0) is 9.53 Å². The van der Waals surface area contributed by atoms with Gasteiger partial charge in [0.2, 0.25) is 0 Å². The minimum absolute atomic E-state index is 0. The molecule has 13 heavy (non-hydrogen) atoms. The topological polar surface area (TPSA) is 65.5 Å². The average Bonchev–Trinajstić information content (AvgIpc) is 2.49. The molecule has 0 saturated heterocycles. The Balaban J connectivity index is 0.00000144. The molecule has 1 aromatic heterocycles. The van der Waals surface area contributed by atoms with Gasteiger partial charge in [0.15, 0.2) is 11.3 Å². The maximum atomic E-state index is 10.9. The van der Waals surface area contributed by atoms with Crippen molar-refractivity contribution in [1.29, 1.82) is 0 Å². The first kappa shape index (κ1) is 12.3. The Morgan fingerprint density at radius 1 is 1.69 bits per heavy atom. The van der Waals surface area contributed by atoms with Gasteiger partial charge >= 0.3 is 5.97 Å². The molecule has 0 aliphatic heterocycles. The SMILES string of the molecule is COC(=O)[C@H](N)c1ccc(Cl)o1.Cl. The molecule has 0 spiro atoms. The number of ether oxygens (including phenoxy) is 1. The molecule has 0 unspecified atom stereocenters. The lowest BCUT2D eigenvalue weighted by Gasteiger charge is -2.04. The molecule has 1 aromatic rings. The lowest BCUT2D eigenvalue weighted by molar-refractivity contribution is -0.142. The van der Waals surface area contributed by atoms with Gasteiger partial charge in [-0.2, -0.15) is 0 Å². The molecule has 0 aliphatic rings. The van der Waals surface area contributed by atoms with E-state index >= 15 is 0 Å². The number of rotatable bonds is 2. The maximum Gasteiger partial charge on any atom is 0.330 e. The fourth-order valence-electron chi connectivity index (χ4n) is 0.739. The van der Waals surface area contributed by atoms with Crippen molar-refractivity contribution in [1.82, 2.24) is 0 Å². The smallest absolute Gasteiger partial charge is 0.330 e. The third-order valence-electron chi connectivity index (χ3n) is 1.36. The maximum absolute atomic E-state index is 10.9. The number of carbonyl (C=O) groups is 1. The number of hydrogen-bond donors (Lipinski definition) is 1. The quantitative estimate of drug-likeness (QED) is 0.776. The Morgan fingerprint density at radius 2 is 2.31 bits per heavy atom. The molecule has 4 nitrogen and oxygen atoms in total. The van der Waals surface area contributed by atoms with Crippen LogP contribution in [0.15, 0.2) is 16.5 Å². The normalized spacial score (nSPS) is 11.6. The second-order valence-electron chi connectivity index (χ2n) is 2.14. The predicted octanol–water partition coefficient (Wildman–Crippen LogP) is 1.53. The van der Waals surface area contributed by atoms with Crippen molar-refractivity contribution in [3.8, 4) is 0 Å². The third kappa shape index (κ3) is 2.91. The number of carbonyl (C=O) groups excluding carboxylic acids is 1. The summed E-state index contributed by atoms with van der Waals surface area (Å²) in [7, 11) is 1.26.